The van der Waals surface area contributed by atoms with Gasteiger partial charge in [0.05, 0.1) is 6.61 Å². The zero-order valence-electron chi connectivity index (χ0n) is 13.2. The summed E-state index contributed by atoms with van der Waals surface area (Å²) in [7, 11) is 0. The first-order valence-electron chi connectivity index (χ1n) is 8.14. The lowest BCUT2D eigenvalue weighted by atomic mass is 10.1. The highest BCUT2D eigenvalue weighted by molar-refractivity contribution is 5.29. The van der Waals surface area contributed by atoms with E-state index in [4.69, 9.17) is 4.74 Å². The maximum Gasteiger partial charge on any atom is 0.126 e. The average Bonchev–Trinajstić information content (AvgIpc) is 2.48. The summed E-state index contributed by atoms with van der Waals surface area (Å²) in [6, 6.07) is 1.97. The molecule has 0 aromatic carbocycles. The van der Waals surface area contributed by atoms with E-state index in [2.05, 4.69) is 24.1 Å². The van der Waals surface area contributed by atoms with E-state index in [0.29, 0.717) is 0 Å². The normalized spacial score (nSPS) is 10.7. The maximum absolute atomic E-state index is 5.89. The molecular weight excluding hydrogens is 248 g/mol. The van der Waals surface area contributed by atoms with Crippen LogP contribution in [0.1, 0.15) is 64.4 Å². The fourth-order valence-electron chi connectivity index (χ4n) is 2.15. The molecule has 1 rings (SSSR count). The molecule has 0 atom stereocenters. The van der Waals surface area contributed by atoms with Crippen LogP contribution in [0, 0.1) is 0 Å². The number of hydrogen-bond acceptors (Lipinski definition) is 3. The molecule has 0 fully saturated rings. The number of unbranched alkanes of at least 4 members (excludes halogenated alkanes) is 5. The maximum atomic E-state index is 5.89. The van der Waals surface area contributed by atoms with Crippen molar-refractivity contribution in [3.8, 4) is 5.75 Å². The third-order valence-electron chi connectivity index (χ3n) is 3.36. The van der Waals surface area contributed by atoms with Gasteiger partial charge in [0.25, 0.3) is 0 Å². The highest BCUT2D eigenvalue weighted by atomic mass is 16.5. The molecule has 3 heteroatoms. The van der Waals surface area contributed by atoms with E-state index >= 15 is 0 Å². The van der Waals surface area contributed by atoms with Crippen molar-refractivity contribution in [2.45, 2.75) is 65.3 Å². The molecule has 0 spiro atoms. The van der Waals surface area contributed by atoms with Gasteiger partial charge in [-0.05, 0) is 25.5 Å². The predicted octanol–water partition coefficient (Wildman–Crippen LogP) is 4.32. The van der Waals surface area contributed by atoms with Crippen molar-refractivity contribution in [3.05, 3.63) is 24.0 Å². The van der Waals surface area contributed by atoms with Crippen LogP contribution >= 0.6 is 0 Å². The number of nitrogens with one attached hydrogen (secondary N) is 1. The molecule has 0 radical (unpaired) electrons. The largest absolute Gasteiger partial charge is 0.493 e. The molecule has 3 nitrogen and oxygen atoms in total. The standard InChI is InChI=1S/C17H30N2O/c1-3-5-6-7-8-9-13-20-17-10-12-19-15-16(17)14-18-11-4-2/h10,12,15,18H,3-9,11,13-14H2,1-2H3. The summed E-state index contributed by atoms with van der Waals surface area (Å²) in [6.45, 7) is 7.11. The van der Waals surface area contributed by atoms with Crippen molar-refractivity contribution in [3.63, 3.8) is 0 Å². The van der Waals surface area contributed by atoms with Gasteiger partial charge in [0, 0.05) is 24.5 Å². The van der Waals surface area contributed by atoms with E-state index in [-0.39, 0.29) is 0 Å². The van der Waals surface area contributed by atoms with Gasteiger partial charge in [0.1, 0.15) is 5.75 Å². The minimum absolute atomic E-state index is 0.816. The van der Waals surface area contributed by atoms with Crippen LogP contribution < -0.4 is 10.1 Å². The average molecular weight is 278 g/mol. The van der Waals surface area contributed by atoms with E-state index in [1.807, 2.05) is 12.3 Å². The van der Waals surface area contributed by atoms with Crippen LogP contribution in [0.4, 0.5) is 0 Å². The van der Waals surface area contributed by atoms with Crippen molar-refractivity contribution in [1.82, 2.24) is 10.3 Å². The molecule has 1 heterocycles. The Kier molecular flexibility index (Phi) is 9.93. The Morgan fingerprint density at radius 1 is 1.05 bits per heavy atom. The summed E-state index contributed by atoms with van der Waals surface area (Å²) in [6.07, 6.45) is 12.6. The smallest absolute Gasteiger partial charge is 0.126 e. The van der Waals surface area contributed by atoms with Crippen LogP contribution in [0.5, 0.6) is 5.75 Å². The van der Waals surface area contributed by atoms with Gasteiger partial charge in [0.15, 0.2) is 0 Å². The van der Waals surface area contributed by atoms with Crippen LogP contribution in [0.25, 0.3) is 0 Å². The molecule has 0 unspecified atom stereocenters. The highest BCUT2D eigenvalue weighted by Gasteiger charge is 2.02. The lowest BCUT2D eigenvalue weighted by Crippen LogP contribution is -2.15. The number of hydrogen-bond donors (Lipinski definition) is 1. The summed E-state index contributed by atoms with van der Waals surface area (Å²) < 4.78 is 5.89. The van der Waals surface area contributed by atoms with E-state index in [1.165, 1.54) is 32.1 Å². The summed E-state index contributed by atoms with van der Waals surface area (Å²) in [5.74, 6) is 0.983. The third-order valence-corrected chi connectivity index (χ3v) is 3.36. The highest BCUT2D eigenvalue weighted by Crippen LogP contribution is 2.17. The SMILES string of the molecule is CCCCCCCCOc1ccncc1CNCCC. The molecule has 0 saturated carbocycles. The Morgan fingerprint density at radius 2 is 1.85 bits per heavy atom. The van der Waals surface area contributed by atoms with Crippen molar-refractivity contribution >= 4 is 0 Å². The second kappa shape index (κ2) is 11.7. The van der Waals surface area contributed by atoms with Gasteiger partial charge in [0.2, 0.25) is 0 Å². The van der Waals surface area contributed by atoms with E-state index in [0.717, 1.165) is 43.9 Å². The molecule has 0 aliphatic carbocycles. The monoisotopic (exact) mass is 278 g/mol. The fraction of sp³-hybridized carbons (Fsp3) is 0.706. The Hall–Kier alpha value is -1.09. The zero-order valence-corrected chi connectivity index (χ0v) is 13.2. The Balaban J connectivity index is 2.21. The number of nitrogens with zero attached hydrogens (tertiary/aromatic N) is 1. The predicted molar refractivity (Wildman–Crippen MR) is 85.1 cm³/mol. The van der Waals surface area contributed by atoms with Gasteiger partial charge < -0.3 is 10.1 Å². The minimum Gasteiger partial charge on any atom is -0.493 e. The third kappa shape index (κ3) is 7.49. The molecule has 1 N–H and O–H groups in total. The summed E-state index contributed by atoms with van der Waals surface area (Å²) >= 11 is 0. The number of ether oxygens (including phenoxy) is 1. The fourth-order valence-corrected chi connectivity index (χ4v) is 2.15. The summed E-state index contributed by atoms with van der Waals surface area (Å²) in [4.78, 5) is 4.18. The molecule has 114 valence electrons. The second-order valence-corrected chi connectivity index (χ2v) is 5.28. The summed E-state index contributed by atoms with van der Waals surface area (Å²) in [5.41, 5.74) is 1.16. The van der Waals surface area contributed by atoms with Gasteiger partial charge in [-0.25, -0.2) is 0 Å². The van der Waals surface area contributed by atoms with E-state index in [9.17, 15) is 0 Å². The lowest BCUT2D eigenvalue weighted by molar-refractivity contribution is 0.300. The van der Waals surface area contributed by atoms with E-state index in [1.54, 1.807) is 6.20 Å². The molecule has 0 aliphatic heterocycles. The Labute approximate surface area is 124 Å². The van der Waals surface area contributed by atoms with Crippen LogP contribution in [0.2, 0.25) is 0 Å². The van der Waals surface area contributed by atoms with Gasteiger partial charge in [-0.15, -0.1) is 0 Å². The van der Waals surface area contributed by atoms with Gasteiger partial charge in [-0.3, -0.25) is 4.98 Å². The first-order valence-corrected chi connectivity index (χ1v) is 8.14. The first-order chi connectivity index (χ1) is 9.88. The minimum atomic E-state index is 0.816. The van der Waals surface area contributed by atoms with Crippen LogP contribution in [0.15, 0.2) is 18.5 Å². The van der Waals surface area contributed by atoms with Crippen LogP contribution in [-0.2, 0) is 6.54 Å². The molecular formula is C17H30N2O. The van der Waals surface area contributed by atoms with Crippen LogP contribution in [0.3, 0.4) is 0 Å². The lowest BCUT2D eigenvalue weighted by Gasteiger charge is -2.11. The van der Waals surface area contributed by atoms with Gasteiger partial charge in [-0.1, -0.05) is 46.0 Å². The zero-order chi connectivity index (χ0) is 14.5. The van der Waals surface area contributed by atoms with E-state index < -0.39 is 0 Å². The molecule has 0 saturated heterocycles. The molecule has 0 amide bonds. The van der Waals surface area contributed by atoms with Crippen molar-refractivity contribution < 1.29 is 4.74 Å². The number of rotatable bonds is 12. The quantitative estimate of drug-likeness (QED) is 0.578. The van der Waals surface area contributed by atoms with Crippen molar-refractivity contribution in [2.75, 3.05) is 13.2 Å². The molecule has 1 aromatic heterocycles. The number of pyridine rings is 1. The second-order valence-electron chi connectivity index (χ2n) is 5.28. The topological polar surface area (TPSA) is 34.1 Å². The Bertz CT molecular complexity index is 342. The van der Waals surface area contributed by atoms with Crippen LogP contribution in [-0.4, -0.2) is 18.1 Å². The Morgan fingerprint density at radius 3 is 2.65 bits per heavy atom. The van der Waals surface area contributed by atoms with Crippen molar-refractivity contribution in [2.24, 2.45) is 0 Å². The molecule has 1 aromatic rings. The van der Waals surface area contributed by atoms with Crippen molar-refractivity contribution in [1.29, 1.82) is 0 Å². The molecule has 0 aliphatic rings. The number of aromatic nitrogens is 1. The summed E-state index contributed by atoms with van der Waals surface area (Å²) in [5, 5.41) is 3.40. The van der Waals surface area contributed by atoms with Gasteiger partial charge in [-0.2, -0.15) is 0 Å². The molecule has 20 heavy (non-hydrogen) atoms. The first kappa shape index (κ1) is 17.0. The molecule has 0 bridgehead atoms. The van der Waals surface area contributed by atoms with Gasteiger partial charge >= 0.3 is 0 Å².